The van der Waals surface area contributed by atoms with Crippen LogP contribution in [0.15, 0.2) is 0 Å². The number of rotatable bonds is 7. The summed E-state index contributed by atoms with van der Waals surface area (Å²) < 4.78 is 4.58. The van der Waals surface area contributed by atoms with Crippen molar-refractivity contribution in [2.45, 2.75) is 23.0 Å². The van der Waals surface area contributed by atoms with Gasteiger partial charge in [0.15, 0.2) is 0 Å². The molecule has 0 radical (unpaired) electrons. The lowest BCUT2D eigenvalue weighted by atomic mass is 10.2. The van der Waals surface area contributed by atoms with Gasteiger partial charge in [-0.25, -0.2) is 0 Å². The number of methoxy groups -OCH3 is 1. The monoisotopic (exact) mass is 299 g/mol. The van der Waals surface area contributed by atoms with Crippen molar-refractivity contribution in [2.24, 2.45) is 0 Å². The highest BCUT2D eigenvalue weighted by molar-refractivity contribution is 9.10. The summed E-state index contributed by atoms with van der Waals surface area (Å²) >= 11 is 4.82. The van der Waals surface area contributed by atoms with E-state index in [1.807, 2.05) is 13.2 Å². The molecule has 0 aliphatic rings. The molecule has 0 rings (SSSR count). The summed E-state index contributed by atoms with van der Waals surface area (Å²) in [7, 11) is 1.36. The maximum absolute atomic E-state index is 11.1. The van der Waals surface area contributed by atoms with Gasteiger partial charge in [0.1, 0.15) is 4.83 Å². The molecule has 0 aromatic heterocycles. The van der Waals surface area contributed by atoms with Crippen molar-refractivity contribution in [3.8, 4) is 0 Å². The van der Waals surface area contributed by atoms with Crippen LogP contribution in [-0.2, 0) is 9.53 Å². The van der Waals surface area contributed by atoms with E-state index in [1.165, 1.54) is 7.11 Å². The molecule has 0 aromatic carbocycles. The van der Waals surface area contributed by atoms with E-state index in [9.17, 15) is 4.79 Å². The Morgan fingerprint density at radius 1 is 1.67 bits per heavy atom. The summed E-state index contributed by atoms with van der Waals surface area (Å²) in [4.78, 5) is 10.7. The number of carbonyl (C=O) groups excluding carboxylic acids is 1. The first-order valence-corrected chi connectivity index (χ1v) is 6.86. The number of aliphatic hydroxyl groups excluding tert-OH is 1. The maximum atomic E-state index is 11.1. The summed E-state index contributed by atoms with van der Waals surface area (Å²) in [6.07, 6.45) is 1.95. The van der Waals surface area contributed by atoms with Gasteiger partial charge in [-0.15, -0.1) is 0 Å². The summed E-state index contributed by atoms with van der Waals surface area (Å²) in [6.45, 7) is 2.60. The lowest BCUT2D eigenvalue weighted by Crippen LogP contribution is -2.42. The third kappa shape index (κ3) is 5.75. The van der Waals surface area contributed by atoms with Gasteiger partial charge < -0.3 is 15.2 Å². The average Bonchev–Trinajstić information content (AvgIpc) is 2.26. The van der Waals surface area contributed by atoms with Crippen molar-refractivity contribution in [3.05, 3.63) is 0 Å². The highest BCUT2D eigenvalue weighted by atomic mass is 79.9. The van der Waals surface area contributed by atoms with Crippen molar-refractivity contribution in [1.82, 2.24) is 5.32 Å². The van der Waals surface area contributed by atoms with Gasteiger partial charge in [-0.2, -0.15) is 11.8 Å². The minimum Gasteiger partial charge on any atom is -0.468 e. The zero-order valence-corrected chi connectivity index (χ0v) is 11.6. The van der Waals surface area contributed by atoms with Crippen LogP contribution in [0, 0.1) is 0 Å². The number of ether oxygens (including phenoxy) is 1. The number of aliphatic hydroxyl groups is 1. The molecule has 15 heavy (non-hydrogen) atoms. The van der Waals surface area contributed by atoms with Crippen molar-refractivity contribution in [1.29, 1.82) is 0 Å². The van der Waals surface area contributed by atoms with E-state index in [-0.39, 0.29) is 28.7 Å². The predicted molar refractivity (Wildman–Crippen MR) is 66.6 cm³/mol. The molecule has 6 heteroatoms. The molecule has 0 spiro atoms. The minimum atomic E-state index is -0.342. The summed E-state index contributed by atoms with van der Waals surface area (Å²) in [5, 5.41) is 12.4. The Hall–Kier alpha value is 0.220. The molecule has 0 heterocycles. The van der Waals surface area contributed by atoms with Gasteiger partial charge in [-0.1, -0.05) is 15.9 Å². The first kappa shape index (κ1) is 15.2. The zero-order valence-electron chi connectivity index (χ0n) is 9.20. The van der Waals surface area contributed by atoms with Crippen LogP contribution < -0.4 is 5.32 Å². The van der Waals surface area contributed by atoms with Gasteiger partial charge in [-0.3, -0.25) is 4.79 Å². The second-order valence-corrected chi connectivity index (χ2v) is 5.33. The van der Waals surface area contributed by atoms with Gasteiger partial charge >= 0.3 is 5.97 Å². The van der Waals surface area contributed by atoms with Gasteiger partial charge in [0.05, 0.1) is 13.7 Å². The smallest absolute Gasteiger partial charge is 0.320 e. The third-order valence-corrected chi connectivity index (χ3v) is 3.98. The number of hydrogen-bond acceptors (Lipinski definition) is 5. The number of hydrogen-bond donors (Lipinski definition) is 2. The topological polar surface area (TPSA) is 58.6 Å². The van der Waals surface area contributed by atoms with Crippen molar-refractivity contribution >= 4 is 33.7 Å². The lowest BCUT2D eigenvalue weighted by molar-refractivity contribution is -0.139. The molecule has 0 amide bonds. The van der Waals surface area contributed by atoms with Crippen LogP contribution in [-0.4, -0.2) is 53.7 Å². The summed E-state index contributed by atoms with van der Waals surface area (Å²) in [5.74, 6) is -0.292. The Bertz CT molecular complexity index is 190. The van der Waals surface area contributed by atoms with E-state index < -0.39 is 0 Å². The number of esters is 1. The number of halogens is 1. The molecule has 3 atom stereocenters. The molecule has 0 saturated heterocycles. The van der Waals surface area contributed by atoms with Crippen LogP contribution in [0.25, 0.3) is 0 Å². The van der Waals surface area contributed by atoms with E-state index in [2.05, 4.69) is 26.0 Å². The first-order chi connectivity index (χ1) is 7.06. The molecular formula is C9H18BrNO3S. The molecule has 0 fully saturated rings. The lowest BCUT2D eigenvalue weighted by Gasteiger charge is -2.22. The van der Waals surface area contributed by atoms with Gasteiger partial charge in [-0.05, 0) is 13.2 Å². The van der Waals surface area contributed by atoms with Gasteiger partial charge in [0, 0.05) is 17.8 Å². The fourth-order valence-corrected chi connectivity index (χ4v) is 2.10. The fourth-order valence-electron chi connectivity index (χ4n) is 1.07. The Labute approximate surface area is 103 Å². The molecule has 0 saturated carbocycles. The van der Waals surface area contributed by atoms with E-state index in [4.69, 9.17) is 5.11 Å². The van der Waals surface area contributed by atoms with Crippen LogP contribution in [0.3, 0.4) is 0 Å². The second kappa shape index (κ2) is 8.38. The largest absolute Gasteiger partial charge is 0.468 e. The Balaban J connectivity index is 3.88. The quantitative estimate of drug-likeness (QED) is 0.533. The molecule has 0 aliphatic carbocycles. The average molecular weight is 300 g/mol. The Morgan fingerprint density at radius 2 is 2.27 bits per heavy atom. The molecule has 3 unspecified atom stereocenters. The normalized spacial score (nSPS) is 16.9. The molecule has 0 aromatic rings. The van der Waals surface area contributed by atoms with Crippen LogP contribution in [0.2, 0.25) is 0 Å². The molecule has 0 bridgehead atoms. The standard InChI is InChI=1S/C9H18BrNO3S/c1-6(8(5-12)15-3)11-4-7(10)9(13)14-2/h6-8,11-12H,4-5H2,1-3H3. The van der Waals surface area contributed by atoms with Crippen molar-refractivity contribution in [3.63, 3.8) is 0 Å². The number of nitrogens with one attached hydrogen (secondary N) is 1. The molecule has 2 N–H and O–H groups in total. The Morgan fingerprint density at radius 3 is 2.67 bits per heavy atom. The number of carbonyl (C=O) groups is 1. The minimum absolute atomic E-state index is 0.126. The van der Waals surface area contributed by atoms with Gasteiger partial charge in [0.25, 0.3) is 0 Å². The van der Waals surface area contributed by atoms with Crippen LogP contribution in [0.4, 0.5) is 0 Å². The highest BCUT2D eigenvalue weighted by Crippen LogP contribution is 2.10. The van der Waals surface area contributed by atoms with Crippen LogP contribution in [0.1, 0.15) is 6.92 Å². The molecule has 0 aliphatic heterocycles. The van der Waals surface area contributed by atoms with E-state index in [1.54, 1.807) is 11.8 Å². The van der Waals surface area contributed by atoms with Crippen LogP contribution in [0.5, 0.6) is 0 Å². The highest BCUT2D eigenvalue weighted by Gasteiger charge is 2.19. The first-order valence-electron chi connectivity index (χ1n) is 4.65. The second-order valence-electron chi connectivity index (χ2n) is 3.14. The van der Waals surface area contributed by atoms with E-state index in [0.29, 0.717) is 6.54 Å². The third-order valence-electron chi connectivity index (χ3n) is 2.12. The predicted octanol–water partition coefficient (Wildman–Crippen LogP) is 0.625. The Kier molecular flexibility index (Phi) is 8.50. The zero-order chi connectivity index (χ0) is 11.8. The van der Waals surface area contributed by atoms with Crippen LogP contribution >= 0.6 is 27.7 Å². The SMILES string of the molecule is COC(=O)C(Br)CNC(C)C(CO)SC. The van der Waals surface area contributed by atoms with E-state index in [0.717, 1.165) is 0 Å². The van der Waals surface area contributed by atoms with Crippen molar-refractivity contribution < 1.29 is 14.6 Å². The maximum Gasteiger partial charge on any atom is 0.320 e. The summed E-state index contributed by atoms with van der Waals surface area (Å²) in [5.41, 5.74) is 0. The fraction of sp³-hybridized carbons (Fsp3) is 0.889. The molecule has 90 valence electrons. The van der Waals surface area contributed by atoms with Gasteiger partial charge in [0.2, 0.25) is 0 Å². The molecule has 4 nitrogen and oxygen atoms in total. The summed E-state index contributed by atoms with van der Waals surface area (Å²) in [6, 6.07) is 0.148. The van der Waals surface area contributed by atoms with Crippen molar-refractivity contribution in [2.75, 3.05) is 26.5 Å². The number of thioether (sulfide) groups is 1. The number of alkyl halides is 1. The molecular weight excluding hydrogens is 282 g/mol. The van der Waals surface area contributed by atoms with E-state index >= 15 is 0 Å².